The monoisotopic (exact) mass is 432 g/mol. The van der Waals surface area contributed by atoms with Crippen molar-refractivity contribution >= 4 is 27.3 Å². The second-order valence-electron chi connectivity index (χ2n) is 6.64. The predicted octanol–water partition coefficient (Wildman–Crippen LogP) is 4.41. The summed E-state index contributed by atoms with van der Waals surface area (Å²) in [5.41, 5.74) is 1.64. The molecular weight excluding hydrogens is 411 g/mol. The average molecular weight is 432 g/mol. The van der Waals surface area contributed by atoms with E-state index >= 15 is 0 Å². The van der Waals surface area contributed by atoms with E-state index in [4.69, 9.17) is 9.15 Å². The molecule has 0 saturated heterocycles. The van der Waals surface area contributed by atoms with Gasteiger partial charge in [-0.2, -0.15) is 0 Å². The number of furan rings is 1. The summed E-state index contributed by atoms with van der Waals surface area (Å²) >= 11 is 0. The predicted molar refractivity (Wildman–Crippen MR) is 111 cm³/mol. The van der Waals surface area contributed by atoms with Crippen molar-refractivity contribution in [3.05, 3.63) is 70.9 Å². The maximum absolute atomic E-state index is 13.1. The van der Waals surface area contributed by atoms with Crippen LogP contribution in [0.1, 0.15) is 27.4 Å². The molecule has 7 nitrogen and oxygen atoms in total. The number of sulfonamides is 1. The molecule has 0 aliphatic carbocycles. The molecular formula is C21H21FN2O5S. The van der Waals surface area contributed by atoms with E-state index in [1.54, 1.807) is 26.8 Å². The maximum Gasteiger partial charge on any atom is 0.262 e. The van der Waals surface area contributed by atoms with Gasteiger partial charge in [-0.25, -0.2) is 12.8 Å². The molecule has 1 aromatic heterocycles. The molecule has 0 spiro atoms. The quantitative estimate of drug-likeness (QED) is 0.601. The Morgan fingerprint density at radius 3 is 2.27 bits per heavy atom. The highest BCUT2D eigenvalue weighted by Gasteiger charge is 2.20. The fourth-order valence-corrected chi connectivity index (χ4v) is 4.07. The smallest absolute Gasteiger partial charge is 0.262 e. The molecule has 0 unspecified atom stereocenters. The molecule has 0 atom stereocenters. The number of carbonyl (C=O) groups is 1. The van der Waals surface area contributed by atoms with Crippen LogP contribution in [0.4, 0.5) is 15.8 Å². The average Bonchev–Trinajstić information content (AvgIpc) is 2.93. The summed E-state index contributed by atoms with van der Waals surface area (Å²) in [4.78, 5) is 12.6. The topological polar surface area (TPSA) is 97.6 Å². The van der Waals surface area contributed by atoms with Gasteiger partial charge in [0.2, 0.25) is 0 Å². The molecule has 0 bridgehead atoms. The minimum absolute atomic E-state index is 0.111. The summed E-state index contributed by atoms with van der Waals surface area (Å²) in [5, 5.41) is 2.74. The van der Waals surface area contributed by atoms with Crippen LogP contribution in [0, 0.1) is 26.6 Å². The number of ether oxygens (including phenoxy) is 1. The molecule has 1 amide bonds. The van der Waals surface area contributed by atoms with Crippen LogP contribution in [-0.2, 0) is 10.0 Å². The van der Waals surface area contributed by atoms with Gasteiger partial charge in [0.25, 0.3) is 15.9 Å². The molecule has 1 heterocycles. The summed E-state index contributed by atoms with van der Waals surface area (Å²) in [6.45, 7) is 5.26. The van der Waals surface area contributed by atoms with Crippen molar-refractivity contribution in [1.82, 2.24) is 0 Å². The highest BCUT2D eigenvalue weighted by molar-refractivity contribution is 7.92. The Hall–Kier alpha value is -3.33. The number of carbonyl (C=O) groups excluding carboxylic acids is 1. The lowest BCUT2D eigenvalue weighted by atomic mass is 10.1. The van der Waals surface area contributed by atoms with Crippen LogP contribution in [-0.4, -0.2) is 21.4 Å². The van der Waals surface area contributed by atoms with Crippen LogP contribution < -0.4 is 14.8 Å². The second kappa shape index (κ2) is 8.19. The van der Waals surface area contributed by atoms with Crippen molar-refractivity contribution < 1.29 is 26.8 Å². The van der Waals surface area contributed by atoms with Crippen molar-refractivity contribution in [1.29, 1.82) is 0 Å². The number of aryl methyl sites for hydroxylation is 2. The van der Waals surface area contributed by atoms with Gasteiger partial charge >= 0.3 is 0 Å². The van der Waals surface area contributed by atoms with Gasteiger partial charge < -0.3 is 14.5 Å². The lowest BCUT2D eigenvalue weighted by Crippen LogP contribution is -2.16. The van der Waals surface area contributed by atoms with Gasteiger partial charge in [-0.1, -0.05) is 0 Å². The van der Waals surface area contributed by atoms with Crippen LogP contribution in [0.25, 0.3) is 0 Å². The largest absolute Gasteiger partial charge is 0.495 e. The van der Waals surface area contributed by atoms with E-state index in [1.165, 1.54) is 19.2 Å². The molecule has 158 valence electrons. The third kappa shape index (κ3) is 4.30. The van der Waals surface area contributed by atoms with E-state index < -0.39 is 15.8 Å². The molecule has 0 fully saturated rings. The van der Waals surface area contributed by atoms with Crippen LogP contribution in [0.2, 0.25) is 0 Å². The van der Waals surface area contributed by atoms with Gasteiger partial charge in [0, 0.05) is 11.3 Å². The molecule has 3 aromatic rings. The summed E-state index contributed by atoms with van der Waals surface area (Å²) in [6, 6.07) is 8.98. The van der Waals surface area contributed by atoms with Gasteiger partial charge in [0.1, 0.15) is 23.1 Å². The standard InChI is InChI=1S/C21H21FN2O5S/c1-12-13(2)29-14(3)20(12)21(25)23-16-7-10-19(28-4)18(11-16)24-30(26,27)17-8-5-15(22)6-9-17/h5-11,24H,1-4H3,(H,23,25). The van der Waals surface area contributed by atoms with E-state index in [1.807, 2.05) is 0 Å². The highest BCUT2D eigenvalue weighted by atomic mass is 32.2. The zero-order valence-electron chi connectivity index (χ0n) is 16.9. The second-order valence-corrected chi connectivity index (χ2v) is 8.33. The number of halogens is 1. The number of rotatable bonds is 6. The lowest BCUT2D eigenvalue weighted by molar-refractivity contribution is 0.102. The first-order valence-electron chi connectivity index (χ1n) is 8.96. The molecule has 0 radical (unpaired) electrons. The maximum atomic E-state index is 13.1. The number of nitrogens with one attached hydrogen (secondary N) is 2. The van der Waals surface area contributed by atoms with Crippen molar-refractivity contribution in [3.63, 3.8) is 0 Å². The van der Waals surface area contributed by atoms with Crippen molar-refractivity contribution in [2.24, 2.45) is 0 Å². The van der Waals surface area contributed by atoms with Crippen molar-refractivity contribution in [2.75, 3.05) is 17.1 Å². The minimum Gasteiger partial charge on any atom is -0.495 e. The van der Waals surface area contributed by atoms with Crippen LogP contribution in [0.3, 0.4) is 0 Å². The Kier molecular flexibility index (Phi) is 5.84. The number of benzene rings is 2. The van der Waals surface area contributed by atoms with E-state index in [9.17, 15) is 17.6 Å². The SMILES string of the molecule is COc1ccc(NC(=O)c2c(C)oc(C)c2C)cc1NS(=O)(=O)c1ccc(F)cc1. The number of hydrogen-bond donors (Lipinski definition) is 2. The normalized spacial score (nSPS) is 11.2. The number of methoxy groups -OCH3 is 1. The highest BCUT2D eigenvalue weighted by Crippen LogP contribution is 2.31. The molecule has 0 aliphatic rings. The van der Waals surface area contributed by atoms with Gasteiger partial charge in [0.15, 0.2) is 0 Å². The fraction of sp³-hybridized carbons (Fsp3) is 0.190. The zero-order chi connectivity index (χ0) is 22.1. The molecule has 0 aliphatic heterocycles. The van der Waals surface area contributed by atoms with Gasteiger partial charge in [-0.3, -0.25) is 9.52 Å². The van der Waals surface area contributed by atoms with Crippen molar-refractivity contribution in [2.45, 2.75) is 25.7 Å². The first-order chi connectivity index (χ1) is 14.1. The zero-order valence-corrected chi connectivity index (χ0v) is 17.7. The minimum atomic E-state index is -3.99. The van der Waals surface area contributed by atoms with E-state index in [0.717, 1.165) is 29.8 Å². The van der Waals surface area contributed by atoms with Crippen molar-refractivity contribution in [3.8, 4) is 5.75 Å². The Morgan fingerprint density at radius 1 is 1.03 bits per heavy atom. The van der Waals surface area contributed by atoms with E-state index in [-0.39, 0.29) is 22.2 Å². The van der Waals surface area contributed by atoms with E-state index in [0.29, 0.717) is 22.8 Å². The number of amides is 1. The van der Waals surface area contributed by atoms with Crippen LogP contribution >= 0.6 is 0 Å². The first kappa shape index (κ1) is 21.4. The summed E-state index contributed by atoms with van der Waals surface area (Å²) < 4.78 is 51.5. The molecule has 0 saturated carbocycles. The molecule has 2 aromatic carbocycles. The summed E-state index contributed by atoms with van der Waals surface area (Å²) in [6.07, 6.45) is 0. The Balaban J connectivity index is 1.90. The van der Waals surface area contributed by atoms with Crippen LogP contribution in [0.5, 0.6) is 5.75 Å². The molecule has 9 heteroatoms. The Morgan fingerprint density at radius 2 is 1.70 bits per heavy atom. The first-order valence-corrected chi connectivity index (χ1v) is 10.4. The lowest BCUT2D eigenvalue weighted by Gasteiger charge is -2.14. The molecule has 30 heavy (non-hydrogen) atoms. The third-order valence-electron chi connectivity index (χ3n) is 4.61. The van der Waals surface area contributed by atoms with Gasteiger partial charge in [-0.15, -0.1) is 0 Å². The third-order valence-corrected chi connectivity index (χ3v) is 6.00. The Bertz CT molecular complexity index is 1200. The summed E-state index contributed by atoms with van der Waals surface area (Å²) in [5.74, 6) is 0.481. The van der Waals surface area contributed by atoms with Gasteiger partial charge in [0.05, 0.1) is 23.3 Å². The Labute approximate surface area is 173 Å². The number of anilines is 2. The fourth-order valence-electron chi connectivity index (χ4n) is 3.00. The molecule has 2 N–H and O–H groups in total. The van der Waals surface area contributed by atoms with E-state index in [2.05, 4.69) is 10.0 Å². The summed E-state index contributed by atoms with van der Waals surface area (Å²) in [7, 11) is -2.60. The molecule has 3 rings (SSSR count). The number of hydrogen-bond acceptors (Lipinski definition) is 5. The van der Waals surface area contributed by atoms with Gasteiger partial charge in [-0.05, 0) is 63.2 Å². The van der Waals surface area contributed by atoms with Crippen LogP contribution in [0.15, 0.2) is 51.8 Å².